The van der Waals surface area contributed by atoms with E-state index in [2.05, 4.69) is 0 Å². The molecule has 0 spiro atoms. The third-order valence-electron chi connectivity index (χ3n) is 1.88. The van der Waals surface area contributed by atoms with E-state index in [1.54, 1.807) is 12.1 Å². The standard InChI is InChI=1S/C10H13ClFN/c1-7(13)2-3-8-6-9(11)4-5-10(8)12/h4-7H,2-3,13H2,1H3. The van der Waals surface area contributed by atoms with Gasteiger partial charge in [-0.05, 0) is 43.5 Å². The van der Waals surface area contributed by atoms with Crippen LogP contribution in [0.25, 0.3) is 0 Å². The fourth-order valence-corrected chi connectivity index (χ4v) is 1.31. The summed E-state index contributed by atoms with van der Waals surface area (Å²) in [7, 11) is 0. The molecule has 13 heavy (non-hydrogen) atoms. The predicted molar refractivity (Wildman–Crippen MR) is 53.4 cm³/mol. The molecule has 0 aliphatic rings. The van der Waals surface area contributed by atoms with Gasteiger partial charge in [0.2, 0.25) is 0 Å². The molecule has 0 fully saturated rings. The third-order valence-corrected chi connectivity index (χ3v) is 2.11. The molecule has 1 aromatic rings. The predicted octanol–water partition coefficient (Wildman–Crippen LogP) is 2.76. The van der Waals surface area contributed by atoms with Gasteiger partial charge in [-0.3, -0.25) is 0 Å². The summed E-state index contributed by atoms with van der Waals surface area (Å²) >= 11 is 5.73. The SMILES string of the molecule is CC(N)CCc1cc(Cl)ccc1F. The van der Waals surface area contributed by atoms with Crippen molar-refractivity contribution in [2.24, 2.45) is 5.73 Å². The van der Waals surface area contributed by atoms with Gasteiger partial charge in [0.05, 0.1) is 0 Å². The second-order valence-electron chi connectivity index (χ2n) is 3.25. The first-order valence-corrected chi connectivity index (χ1v) is 4.67. The lowest BCUT2D eigenvalue weighted by atomic mass is 10.1. The molecule has 0 aliphatic carbocycles. The Labute approximate surface area is 82.7 Å². The summed E-state index contributed by atoms with van der Waals surface area (Å²) < 4.78 is 13.1. The highest BCUT2D eigenvalue weighted by Gasteiger charge is 2.03. The van der Waals surface area contributed by atoms with Crippen molar-refractivity contribution in [1.82, 2.24) is 0 Å². The summed E-state index contributed by atoms with van der Waals surface area (Å²) in [6.07, 6.45) is 1.42. The van der Waals surface area contributed by atoms with E-state index in [9.17, 15) is 4.39 Å². The van der Waals surface area contributed by atoms with E-state index < -0.39 is 0 Å². The molecule has 0 heterocycles. The zero-order valence-electron chi connectivity index (χ0n) is 7.56. The second kappa shape index (κ2) is 4.58. The van der Waals surface area contributed by atoms with Crippen molar-refractivity contribution in [2.45, 2.75) is 25.8 Å². The summed E-state index contributed by atoms with van der Waals surface area (Å²) in [5, 5.41) is 0.570. The van der Waals surface area contributed by atoms with E-state index in [4.69, 9.17) is 17.3 Å². The quantitative estimate of drug-likeness (QED) is 0.800. The van der Waals surface area contributed by atoms with E-state index in [1.165, 1.54) is 6.07 Å². The number of hydrogen-bond acceptors (Lipinski definition) is 1. The maximum atomic E-state index is 13.1. The smallest absolute Gasteiger partial charge is 0.126 e. The van der Waals surface area contributed by atoms with Crippen LogP contribution in [0.15, 0.2) is 18.2 Å². The zero-order valence-corrected chi connectivity index (χ0v) is 8.31. The van der Waals surface area contributed by atoms with Crippen LogP contribution < -0.4 is 5.73 Å². The van der Waals surface area contributed by atoms with Gasteiger partial charge in [0, 0.05) is 11.1 Å². The molecule has 0 saturated carbocycles. The Balaban J connectivity index is 2.70. The molecular formula is C10H13ClFN. The van der Waals surface area contributed by atoms with Gasteiger partial charge in [0.1, 0.15) is 5.82 Å². The molecule has 1 aromatic carbocycles. The fraction of sp³-hybridized carbons (Fsp3) is 0.400. The fourth-order valence-electron chi connectivity index (χ4n) is 1.12. The molecule has 1 unspecified atom stereocenters. The van der Waals surface area contributed by atoms with E-state index in [-0.39, 0.29) is 11.9 Å². The molecule has 0 amide bonds. The van der Waals surface area contributed by atoms with E-state index in [0.717, 1.165) is 6.42 Å². The monoisotopic (exact) mass is 201 g/mol. The Morgan fingerprint density at radius 2 is 2.23 bits per heavy atom. The van der Waals surface area contributed by atoms with E-state index in [0.29, 0.717) is 17.0 Å². The third kappa shape index (κ3) is 3.33. The highest BCUT2D eigenvalue weighted by molar-refractivity contribution is 6.30. The first kappa shape index (κ1) is 10.5. The number of halogens is 2. The van der Waals surface area contributed by atoms with Crippen molar-refractivity contribution in [3.63, 3.8) is 0 Å². The largest absolute Gasteiger partial charge is 0.328 e. The van der Waals surface area contributed by atoms with Gasteiger partial charge < -0.3 is 5.73 Å². The number of benzene rings is 1. The van der Waals surface area contributed by atoms with Crippen LogP contribution in [0.2, 0.25) is 5.02 Å². The maximum Gasteiger partial charge on any atom is 0.126 e. The molecule has 72 valence electrons. The van der Waals surface area contributed by atoms with Crippen LogP contribution in [0.1, 0.15) is 18.9 Å². The van der Waals surface area contributed by atoms with Gasteiger partial charge in [-0.15, -0.1) is 0 Å². The molecule has 1 atom stereocenters. The van der Waals surface area contributed by atoms with Gasteiger partial charge in [0.25, 0.3) is 0 Å². The summed E-state index contributed by atoms with van der Waals surface area (Å²) in [4.78, 5) is 0. The molecule has 0 aliphatic heterocycles. The molecule has 0 aromatic heterocycles. The summed E-state index contributed by atoms with van der Waals surface area (Å²) in [6.45, 7) is 1.91. The minimum atomic E-state index is -0.204. The van der Waals surface area contributed by atoms with Gasteiger partial charge in [-0.2, -0.15) is 0 Å². The normalized spacial score (nSPS) is 12.9. The Morgan fingerprint density at radius 3 is 2.85 bits per heavy atom. The molecule has 3 heteroatoms. The summed E-state index contributed by atoms with van der Waals surface area (Å²) in [5.74, 6) is -0.204. The maximum absolute atomic E-state index is 13.1. The zero-order chi connectivity index (χ0) is 9.84. The van der Waals surface area contributed by atoms with Gasteiger partial charge >= 0.3 is 0 Å². The first-order chi connectivity index (χ1) is 6.09. The van der Waals surface area contributed by atoms with Crippen molar-refractivity contribution in [2.75, 3.05) is 0 Å². The van der Waals surface area contributed by atoms with Crippen molar-refractivity contribution < 1.29 is 4.39 Å². The minimum absolute atomic E-state index is 0.0957. The average molecular weight is 202 g/mol. The van der Waals surface area contributed by atoms with Crippen LogP contribution in [-0.2, 0) is 6.42 Å². The number of rotatable bonds is 3. The van der Waals surface area contributed by atoms with Crippen molar-refractivity contribution in [3.05, 3.63) is 34.6 Å². The summed E-state index contributed by atoms with van der Waals surface area (Å²) in [6, 6.07) is 4.68. The van der Waals surface area contributed by atoms with E-state index >= 15 is 0 Å². The Hall–Kier alpha value is -0.600. The van der Waals surface area contributed by atoms with Crippen LogP contribution >= 0.6 is 11.6 Å². The first-order valence-electron chi connectivity index (χ1n) is 4.29. The Bertz CT molecular complexity index is 286. The molecule has 2 N–H and O–H groups in total. The molecule has 0 bridgehead atoms. The lowest BCUT2D eigenvalue weighted by Gasteiger charge is -2.06. The molecule has 0 saturated heterocycles. The van der Waals surface area contributed by atoms with Crippen LogP contribution in [0, 0.1) is 5.82 Å². The highest BCUT2D eigenvalue weighted by Crippen LogP contribution is 2.16. The molecule has 0 radical (unpaired) electrons. The van der Waals surface area contributed by atoms with Crippen LogP contribution in [0.5, 0.6) is 0 Å². The van der Waals surface area contributed by atoms with E-state index in [1.807, 2.05) is 6.92 Å². The van der Waals surface area contributed by atoms with Crippen molar-refractivity contribution in [3.8, 4) is 0 Å². The number of aryl methyl sites for hydroxylation is 1. The second-order valence-corrected chi connectivity index (χ2v) is 3.69. The number of nitrogens with two attached hydrogens (primary N) is 1. The van der Waals surface area contributed by atoms with Crippen molar-refractivity contribution in [1.29, 1.82) is 0 Å². The lowest BCUT2D eigenvalue weighted by molar-refractivity contribution is 0.590. The van der Waals surface area contributed by atoms with Gasteiger partial charge in [-0.25, -0.2) is 4.39 Å². The van der Waals surface area contributed by atoms with Crippen molar-refractivity contribution >= 4 is 11.6 Å². The number of hydrogen-bond donors (Lipinski definition) is 1. The lowest BCUT2D eigenvalue weighted by Crippen LogP contribution is -2.15. The average Bonchev–Trinajstić information content (AvgIpc) is 2.06. The topological polar surface area (TPSA) is 26.0 Å². The molecule has 1 nitrogen and oxygen atoms in total. The van der Waals surface area contributed by atoms with Gasteiger partial charge in [-0.1, -0.05) is 11.6 Å². The minimum Gasteiger partial charge on any atom is -0.328 e. The summed E-state index contributed by atoms with van der Waals surface area (Å²) in [5.41, 5.74) is 6.22. The van der Waals surface area contributed by atoms with Crippen LogP contribution in [0.3, 0.4) is 0 Å². The Kier molecular flexibility index (Phi) is 3.70. The molecule has 1 rings (SSSR count). The molecular weight excluding hydrogens is 189 g/mol. The van der Waals surface area contributed by atoms with Crippen LogP contribution in [-0.4, -0.2) is 6.04 Å². The van der Waals surface area contributed by atoms with Crippen LogP contribution in [0.4, 0.5) is 4.39 Å². The van der Waals surface area contributed by atoms with Gasteiger partial charge in [0.15, 0.2) is 0 Å². The highest BCUT2D eigenvalue weighted by atomic mass is 35.5. The Morgan fingerprint density at radius 1 is 1.54 bits per heavy atom.